The van der Waals surface area contributed by atoms with Crippen molar-refractivity contribution in [2.24, 2.45) is 0 Å². The predicted octanol–water partition coefficient (Wildman–Crippen LogP) is 3.67. The van der Waals surface area contributed by atoms with Gasteiger partial charge in [0.15, 0.2) is 0 Å². The van der Waals surface area contributed by atoms with Gasteiger partial charge in [-0.25, -0.2) is 4.79 Å². The molecule has 2 rings (SSSR count). The minimum Gasteiger partial charge on any atom is -0.478 e. The van der Waals surface area contributed by atoms with Crippen LogP contribution in [0.5, 0.6) is 0 Å². The van der Waals surface area contributed by atoms with Crippen molar-refractivity contribution in [2.45, 2.75) is 6.92 Å². The summed E-state index contributed by atoms with van der Waals surface area (Å²) in [7, 11) is 0. The number of benzene rings is 2. The van der Waals surface area contributed by atoms with Crippen LogP contribution < -0.4 is 11.1 Å². The molecule has 0 aliphatic heterocycles. The highest BCUT2D eigenvalue weighted by Gasteiger charge is 2.11. The van der Waals surface area contributed by atoms with E-state index < -0.39 is 5.97 Å². The maximum Gasteiger partial charge on any atom is 0.337 e. The summed E-state index contributed by atoms with van der Waals surface area (Å²) in [6.45, 7) is 1.93. The summed E-state index contributed by atoms with van der Waals surface area (Å²) in [5.74, 6) is -1.04. The van der Waals surface area contributed by atoms with Crippen molar-refractivity contribution in [2.75, 3.05) is 11.1 Å². The molecule has 0 heterocycles. The van der Waals surface area contributed by atoms with Gasteiger partial charge in [0.05, 0.1) is 22.0 Å². The predicted molar refractivity (Wildman–Crippen MR) is 77.3 cm³/mol. The number of anilines is 3. The summed E-state index contributed by atoms with van der Waals surface area (Å²) in [4.78, 5) is 11.2. The van der Waals surface area contributed by atoms with E-state index in [-0.39, 0.29) is 5.56 Å². The lowest BCUT2D eigenvalue weighted by atomic mass is 10.1. The average Bonchev–Trinajstić information content (AvgIpc) is 2.35. The molecule has 0 aromatic heterocycles. The third-order valence-electron chi connectivity index (χ3n) is 2.67. The number of hydrogen-bond acceptors (Lipinski definition) is 3. The second-order valence-electron chi connectivity index (χ2n) is 4.22. The van der Waals surface area contributed by atoms with Gasteiger partial charge in [-0.1, -0.05) is 17.7 Å². The Labute approximate surface area is 115 Å². The van der Waals surface area contributed by atoms with Crippen molar-refractivity contribution < 1.29 is 9.90 Å². The number of nitrogens with two attached hydrogens (primary N) is 1. The maximum absolute atomic E-state index is 11.2. The fraction of sp³-hybridized carbons (Fsp3) is 0.0714. The molecule has 2 aromatic carbocycles. The van der Waals surface area contributed by atoms with Crippen molar-refractivity contribution in [3.05, 3.63) is 52.5 Å². The third kappa shape index (κ3) is 2.98. The highest BCUT2D eigenvalue weighted by atomic mass is 35.5. The fourth-order valence-electron chi connectivity index (χ4n) is 1.73. The van der Waals surface area contributed by atoms with E-state index in [1.807, 2.05) is 19.1 Å². The summed E-state index contributed by atoms with van der Waals surface area (Å²) in [6, 6.07) is 10.2. The number of nitrogens with one attached hydrogen (secondary N) is 1. The number of rotatable bonds is 3. The van der Waals surface area contributed by atoms with E-state index in [0.717, 1.165) is 5.56 Å². The quantitative estimate of drug-likeness (QED) is 0.748. The molecule has 0 unspecified atom stereocenters. The second kappa shape index (κ2) is 5.20. The summed E-state index contributed by atoms with van der Waals surface area (Å²) in [5.41, 5.74) is 8.25. The first-order valence-corrected chi connectivity index (χ1v) is 6.01. The van der Waals surface area contributed by atoms with E-state index in [1.54, 1.807) is 18.2 Å². The first-order valence-electron chi connectivity index (χ1n) is 5.63. The van der Waals surface area contributed by atoms with Gasteiger partial charge in [0, 0.05) is 5.69 Å². The van der Waals surface area contributed by atoms with Crippen LogP contribution >= 0.6 is 11.6 Å². The Hall–Kier alpha value is -2.20. The molecule has 0 saturated heterocycles. The van der Waals surface area contributed by atoms with Crippen molar-refractivity contribution in [1.82, 2.24) is 0 Å². The first-order chi connectivity index (χ1) is 8.97. The topological polar surface area (TPSA) is 75.3 Å². The minimum atomic E-state index is -1.04. The Balaban J connectivity index is 2.43. The van der Waals surface area contributed by atoms with Crippen LogP contribution in [0.1, 0.15) is 15.9 Å². The highest BCUT2D eigenvalue weighted by molar-refractivity contribution is 6.33. The number of nitrogen functional groups attached to an aromatic ring is 1. The number of aromatic carboxylic acids is 1. The molecule has 4 nitrogen and oxygen atoms in total. The molecule has 4 N–H and O–H groups in total. The van der Waals surface area contributed by atoms with E-state index in [4.69, 9.17) is 22.4 Å². The third-order valence-corrected chi connectivity index (χ3v) is 2.99. The van der Waals surface area contributed by atoms with Gasteiger partial charge in [0.1, 0.15) is 0 Å². The summed E-state index contributed by atoms with van der Waals surface area (Å²) < 4.78 is 0. The Bertz CT molecular complexity index is 641. The van der Waals surface area contributed by atoms with Gasteiger partial charge >= 0.3 is 5.97 Å². The van der Waals surface area contributed by atoms with Crippen LogP contribution in [0.4, 0.5) is 17.1 Å². The summed E-state index contributed by atoms with van der Waals surface area (Å²) >= 11 is 6.07. The minimum absolute atomic E-state index is 0.109. The molecule has 0 bridgehead atoms. The normalized spacial score (nSPS) is 10.2. The first kappa shape index (κ1) is 13.2. The van der Waals surface area contributed by atoms with Crippen molar-refractivity contribution in [3.63, 3.8) is 0 Å². The Morgan fingerprint density at radius 1 is 1.21 bits per heavy atom. The number of hydrogen-bond donors (Lipinski definition) is 3. The fourth-order valence-corrected chi connectivity index (χ4v) is 1.89. The van der Waals surface area contributed by atoms with Crippen molar-refractivity contribution >= 4 is 34.6 Å². The highest BCUT2D eigenvalue weighted by Crippen LogP contribution is 2.29. The molecule has 98 valence electrons. The van der Waals surface area contributed by atoms with Gasteiger partial charge in [-0.05, 0) is 42.8 Å². The monoisotopic (exact) mass is 276 g/mol. The van der Waals surface area contributed by atoms with Crippen LogP contribution in [0.3, 0.4) is 0 Å². The van der Waals surface area contributed by atoms with E-state index in [0.29, 0.717) is 22.1 Å². The van der Waals surface area contributed by atoms with Gasteiger partial charge in [0.25, 0.3) is 0 Å². The van der Waals surface area contributed by atoms with Gasteiger partial charge in [-0.15, -0.1) is 0 Å². The smallest absolute Gasteiger partial charge is 0.337 e. The number of halogens is 1. The molecule has 0 saturated carbocycles. The van der Waals surface area contributed by atoms with Gasteiger partial charge in [0.2, 0.25) is 0 Å². The van der Waals surface area contributed by atoms with Crippen LogP contribution in [0.15, 0.2) is 36.4 Å². The SMILES string of the molecule is Cc1ccc(Cl)c(Nc2ccc(N)cc2C(=O)O)c1. The van der Waals surface area contributed by atoms with Crippen LogP contribution in [-0.2, 0) is 0 Å². The van der Waals surface area contributed by atoms with Crippen LogP contribution in [0, 0.1) is 6.92 Å². The zero-order chi connectivity index (χ0) is 14.0. The van der Waals surface area contributed by atoms with Crippen molar-refractivity contribution in [1.29, 1.82) is 0 Å². The van der Waals surface area contributed by atoms with E-state index >= 15 is 0 Å². The van der Waals surface area contributed by atoms with Gasteiger partial charge < -0.3 is 16.2 Å². The van der Waals surface area contributed by atoms with E-state index in [9.17, 15) is 4.79 Å². The standard InChI is InChI=1S/C14H13ClN2O2/c1-8-2-4-11(15)13(6-8)17-12-5-3-9(16)7-10(12)14(18)19/h2-7,17H,16H2,1H3,(H,18,19). The van der Waals surface area contributed by atoms with E-state index in [2.05, 4.69) is 5.32 Å². The zero-order valence-corrected chi connectivity index (χ0v) is 11.0. The molecule has 0 radical (unpaired) electrons. The van der Waals surface area contributed by atoms with Crippen LogP contribution in [0.2, 0.25) is 5.02 Å². The van der Waals surface area contributed by atoms with Crippen LogP contribution in [0.25, 0.3) is 0 Å². The molecular weight excluding hydrogens is 264 g/mol. The number of carboxylic acids is 1. The van der Waals surface area contributed by atoms with Gasteiger partial charge in [-0.2, -0.15) is 0 Å². The number of aryl methyl sites for hydroxylation is 1. The largest absolute Gasteiger partial charge is 0.478 e. The molecule has 2 aromatic rings. The molecule has 0 amide bonds. The molecular formula is C14H13ClN2O2. The molecule has 5 heteroatoms. The Morgan fingerprint density at radius 3 is 2.63 bits per heavy atom. The Kier molecular flexibility index (Phi) is 3.62. The second-order valence-corrected chi connectivity index (χ2v) is 4.63. The molecule has 0 atom stereocenters. The summed E-state index contributed by atoms with van der Waals surface area (Å²) in [5, 5.41) is 12.7. The van der Waals surface area contributed by atoms with Gasteiger partial charge in [-0.3, -0.25) is 0 Å². The molecule has 19 heavy (non-hydrogen) atoms. The number of carboxylic acid groups (broad SMARTS) is 1. The van der Waals surface area contributed by atoms with Crippen LogP contribution in [-0.4, -0.2) is 11.1 Å². The zero-order valence-electron chi connectivity index (χ0n) is 10.3. The van der Waals surface area contributed by atoms with Crippen molar-refractivity contribution in [3.8, 4) is 0 Å². The maximum atomic E-state index is 11.2. The lowest BCUT2D eigenvalue weighted by Gasteiger charge is -2.12. The lowest BCUT2D eigenvalue weighted by molar-refractivity contribution is 0.0698. The summed E-state index contributed by atoms with van der Waals surface area (Å²) in [6.07, 6.45) is 0. The molecule has 0 aliphatic rings. The molecule has 0 aliphatic carbocycles. The Morgan fingerprint density at radius 2 is 1.95 bits per heavy atom. The number of carbonyl (C=O) groups is 1. The molecule has 0 fully saturated rings. The van der Waals surface area contributed by atoms with E-state index in [1.165, 1.54) is 6.07 Å². The lowest BCUT2D eigenvalue weighted by Crippen LogP contribution is -2.04. The molecule has 0 spiro atoms. The average molecular weight is 277 g/mol.